The predicted octanol–water partition coefficient (Wildman–Crippen LogP) is 4.21. The third-order valence-electron chi connectivity index (χ3n) is 5.00. The van der Waals surface area contributed by atoms with Crippen LogP contribution in [0.1, 0.15) is 41.2 Å². The van der Waals surface area contributed by atoms with Crippen LogP contribution in [0.25, 0.3) is 10.2 Å². The Bertz CT molecular complexity index is 1070. The number of hydrogen-bond donors (Lipinski definition) is 3. The highest BCUT2D eigenvalue weighted by atomic mass is 32.1. The number of rotatable bonds is 3. The summed E-state index contributed by atoms with van der Waals surface area (Å²) in [5.41, 5.74) is 10.5. The summed E-state index contributed by atoms with van der Waals surface area (Å²) in [4.78, 5) is 29.9. The van der Waals surface area contributed by atoms with Crippen molar-refractivity contribution < 1.29 is 9.59 Å². The van der Waals surface area contributed by atoms with E-state index in [1.807, 2.05) is 0 Å². The van der Waals surface area contributed by atoms with E-state index in [-0.39, 0.29) is 11.8 Å². The average Bonchev–Trinajstić information content (AvgIpc) is 2.97. The Labute approximate surface area is 167 Å². The van der Waals surface area contributed by atoms with E-state index < -0.39 is 0 Å². The summed E-state index contributed by atoms with van der Waals surface area (Å²) in [6.07, 6.45) is 3.14. The lowest BCUT2D eigenvalue weighted by Gasteiger charge is -2.20. The van der Waals surface area contributed by atoms with Crippen LogP contribution in [-0.4, -0.2) is 16.8 Å². The zero-order valence-electron chi connectivity index (χ0n) is 15.8. The van der Waals surface area contributed by atoms with Crippen LogP contribution in [0.15, 0.2) is 30.3 Å². The number of nitrogen functional groups attached to an aromatic ring is 1. The van der Waals surface area contributed by atoms with Gasteiger partial charge in [0.25, 0.3) is 5.91 Å². The monoisotopic (exact) mass is 394 g/mol. The first-order valence-corrected chi connectivity index (χ1v) is 10.1. The third kappa shape index (κ3) is 3.57. The minimum atomic E-state index is -0.251. The lowest BCUT2D eigenvalue weighted by atomic mass is 9.87. The molecule has 3 aromatic rings. The first-order chi connectivity index (χ1) is 13.4. The summed E-state index contributed by atoms with van der Waals surface area (Å²) >= 11 is 1.33. The van der Waals surface area contributed by atoms with Crippen LogP contribution >= 0.6 is 11.3 Å². The Hall–Kier alpha value is -2.93. The van der Waals surface area contributed by atoms with Crippen molar-refractivity contribution in [3.8, 4) is 0 Å². The minimum Gasteiger partial charge on any atom is -0.397 e. The quantitative estimate of drug-likeness (QED) is 0.620. The van der Waals surface area contributed by atoms with Crippen LogP contribution in [0, 0.1) is 5.92 Å². The number of hydrogen-bond acceptors (Lipinski definition) is 5. The molecule has 2 aromatic heterocycles. The summed E-state index contributed by atoms with van der Waals surface area (Å²) < 4.78 is 0. The molecule has 1 atom stereocenters. The molecule has 0 spiro atoms. The second kappa shape index (κ2) is 7.24. The zero-order chi connectivity index (χ0) is 19.8. The molecule has 4 rings (SSSR count). The highest BCUT2D eigenvalue weighted by Crippen LogP contribution is 2.36. The van der Waals surface area contributed by atoms with E-state index in [9.17, 15) is 9.59 Å². The Morgan fingerprint density at radius 3 is 2.54 bits per heavy atom. The van der Waals surface area contributed by atoms with Gasteiger partial charge in [0.2, 0.25) is 5.91 Å². The summed E-state index contributed by atoms with van der Waals surface area (Å²) in [5, 5.41) is 6.43. The second-order valence-electron chi connectivity index (χ2n) is 7.35. The molecule has 1 aliphatic carbocycles. The van der Waals surface area contributed by atoms with Gasteiger partial charge >= 0.3 is 0 Å². The number of nitrogens with one attached hydrogen (secondary N) is 2. The zero-order valence-corrected chi connectivity index (χ0v) is 16.7. The second-order valence-corrected chi connectivity index (χ2v) is 8.35. The Morgan fingerprint density at radius 1 is 1.18 bits per heavy atom. The molecule has 2 heterocycles. The largest absolute Gasteiger partial charge is 0.397 e. The van der Waals surface area contributed by atoms with Gasteiger partial charge in [0, 0.05) is 29.4 Å². The maximum Gasteiger partial charge on any atom is 0.267 e. The molecule has 0 saturated carbocycles. The van der Waals surface area contributed by atoms with Crippen molar-refractivity contribution in [1.82, 2.24) is 4.98 Å². The minimum absolute atomic E-state index is 0.139. The van der Waals surface area contributed by atoms with E-state index in [0.717, 1.165) is 35.2 Å². The first-order valence-electron chi connectivity index (χ1n) is 9.30. The molecule has 0 bridgehead atoms. The number of carbonyl (C=O) groups is 2. The van der Waals surface area contributed by atoms with Gasteiger partial charge in [-0.3, -0.25) is 9.59 Å². The van der Waals surface area contributed by atoms with E-state index in [0.29, 0.717) is 27.9 Å². The van der Waals surface area contributed by atoms with Crippen molar-refractivity contribution in [3.63, 3.8) is 0 Å². The van der Waals surface area contributed by atoms with Crippen LogP contribution in [0.3, 0.4) is 0 Å². The maximum atomic E-state index is 12.8. The molecule has 28 heavy (non-hydrogen) atoms. The van der Waals surface area contributed by atoms with Crippen LogP contribution < -0.4 is 16.4 Å². The number of benzene rings is 1. The summed E-state index contributed by atoms with van der Waals surface area (Å²) in [6, 6.07) is 9.07. The molecule has 0 fully saturated rings. The van der Waals surface area contributed by atoms with Gasteiger partial charge in [0.15, 0.2) is 0 Å². The summed E-state index contributed by atoms with van der Waals surface area (Å²) in [5.74, 6) is 0.258. The van der Waals surface area contributed by atoms with Crippen molar-refractivity contribution in [3.05, 3.63) is 46.5 Å². The molecule has 0 aliphatic heterocycles. The molecular weight excluding hydrogens is 372 g/mol. The first kappa shape index (κ1) is 18.4. The SMILES string of the molecule is CC(=O)Nc1ccc(NC(=O)c2sc3nc4c(cc3c2N)CC(C)CC4)cc1. The van der Waals surface area contributed by atoms with Crippen LogP contribution in [-0.2, 0) is 17.6 Å². The fourth-order valence-electron chi connectivity index (χ4n) is 3.57. The van der Waals surface area contributed by atoms with E-state index >= 15 is 0 Å². The number of aromatic nitrogens is 1. The number of aryl methyl sites for hydroxylation is 1. The molecule has 1 unspecified atom stereocenters. The van der Waals surface area contributed by atoms with E-state index in [2.05, 4.69) is 23.6 Å². The summed E-state index contributed by atoms with van der Waals surface area (Å²) in [6.45, 7) is 3.70. The molecule has 6 nitrogen and oxygen atoms in total. The van der Waals surface area contributed by atoms with Crippen molar-refractivity contribution in [1.29, 1.82) is 0 Å². The smallest absolute Gasteiger partial charge is 0.267 e. The number of nitrogens with zero attached hydrogens (tertiary/aromatic N) is 1. The number of anilines is 3. The topological polar surface area (TPSA) is 97.1 Å². The van der Waals surface area contributed by atoms with Gasteiger partial charge in [-0.05, 0) is 61.1 Å². The van der Waals surface area contributed by atoms with Crippen molar-refractivity contribution in [2.45, 2.75) is 33.1 Å². The van der Waals surface area contributed by atoms with Gasteiger partial charge in [-0.15, -0.1) is 11.3 Å². The van der Waals surface area contributed by atoms with Crippen molar-refractivity contribution in [2.75, 3.05) is 16.4 Å². The van der Waals surface area contributed by atoms with Crippen LogP contribution in [0.4, 0.5) is 17.1 Å². The van der Waals surface area contributed by atoms with Gasteiger partial charge < -0.3 is 16.4 Å². The molecule has 7 heteroatoms. The normalized spacial score (nSPS) is 15.9. The lowest BCUT2D eigenvalue weighted by molar-refractivity contribution is -0.114. The van der Waals surface area contributed by atoms with Crippen LogP contribution in [0.5, 0.6) is 0 Å². The van der Waals surface area contributed by atoms with Gasteiger partial charge in [-0.2, -0.15) is 0 Å². The maximum absolute atomic E-state index is 12.8. The van der Waals surface area contributed by atoms with Crippen molar-refractivity contribution in [2.24, 2.45) is 5.92 Å². The number of amides is 2. The lowest BCUT2D eigenvalue weighted by Crippen LogP contribution is -2.13. The predicted molar refractivity (Wildman–Crippen MR) is 114 cm³/mol. The standard InChI is InChI=1S/C21H22N4O2S/c1-11-3-8-17-13(9-11)10-16-18(22)19(28-21(16)25-17)20(27)24-15-6-4-14(5-7-15)23-12(2)26/h4-7,10-11H,3,8-9,22H2,1-2H3,(H,23,26)(H,24,27). The number of pyridine rings is 1. The van der Waals surface area contributed by atoms with E-state index in [4.69, 9.17) is 10.7 Å². The fraction of sp³-hybridized carbons (Fsp3) is 0.286. The van der Waals surface area contributed by atoms with E-state index in [1.54, 1.807) is 24.3 Å². The molecule has 0 saturated heterocycles. The molecule has 1 aromatic carbocycles. The number of carbonyl (C=O) groups excluding carboxylic acids is 2. The molecule has 1 aliphatic rings. The van der Waals surface area contributed by atoms with Gasteiger partial charge in [0.05, 0.1) is 5.69 Å². The molecule has 2 amide bonds. The fourth-order valence-corrected chi connectivity index (χ4v) is 4.56. The Kier molecular flexibility index (Phi) is 4.77. The highest BCUT2D eigenvalue weighted by molar-refractivity contribution is 7.21. The number of fused-ring (bicyclic) bond motifs is 2. The average molecular weight is 395 g/mol. The van der Waals surface area contributed by atoms with Gasteiger partial charge in [0.1, 0.15) is 9.71 Å². The Morgan fingerprint density at radius 2 is 1.86 bits per heavy atom. The molecule has 4 N–H and O–H groups in total. The molecule has 144 valence electrons. The Balaban J connectivity index is 1.59. The van der Waals surface area contributed by atoms with Crippen LogP contribution in [0.2, 0.25) is 0 Å². The highest BCUT2D eigenvalue weighted by Gasteiger charge is 2.22. The van der Waals surface area contributed by atoms with E-state index in [1.165, 1.54) is 23.8 Å². The van der Waals surface area contributed by atoms with Gasteiger partial charge in [-0.25, -0.2) is 4.98 Å². The van der Waals surface area contributed by atoms with Crippen molar-refractivity contribution >= 4 is 50.4 Å². The third-order valence-corrected chi connectivity index (χ3v) is 6.12. The summed E-state index contributed by atoms with van der Waals surface area (Å²) in [7, 11) is 0. The number of nitrogens with two attached hydrogens (primary N) is 1. The molecule has 0 radical (unpaired) electrons. The number of thiophene rings is 1. The van der Waals surface area contributed by atoms with Gasteiger partial charge in [-0.1, -0.05) is 6.92 Å². The molecular formula is C21H22N4O2S.